The first-order chi connectivity index (χ1) is 6.83. The minimum atomic E-state index is -0.617. The van der Waals surface area contributed by atoms with Gasteiger partial charge in [-0.25, -0.2) is 0 Å². The molecule has 0 spiro atoms. The van der Waals surface area contributed by atoms with Crippen LogP contribution in [0.3, 0.4) is 0 Å². The molecule has 90 valence electrons. The molecular formula is C12H25NO2. The van der Waals surface area contributed by atoms with Crippen molar-refractivity contribution in [1.82, 2.24) is 4.90 Å². The first-order valence-electron chi connectivity index (χ1n) is 5.95. The molecule has 0 aromatic carbocycles. The molecule has 0 aromatic rings. The number of aliphatic hydroxyl groups is 2. The first kappa shape index (κ1) is 12.9. The highest BCUT2D eigenvalue weighted by Gasteiger charge is 2.32. The number of aliphatic hydroxyl groups excluding tert-OH is 1. The van der Waals surface area contributed by atoms with Crippen LogP contribution in [-0.4, -0.2) is 46.5 Å². The van der Waals surface area contributed by atoms with E-state index in [1.165, 1.54) is 0 Å². The maximum Gasteiger partial charge on any atom is 0.0768 e. The number of hydrogen-bond acceptors (Lipinski definition) is 3. The Kier molecular flexibility index (Phi) is 4.15. The lowest BCUT2D eigenvalue weighted by Gasteiger charge is -2.32. The maximum atomic E-state index is 10.2. The normalized spacial score (nSPS) is 29.4. The molecule has 0 saturated carbocycles. The van der Waals surface area contributed by atoms with Crippen LogP contribution in [0.1, 0.15) is 34.1 Å². The molecule has 0 bridgehead atoms. The first-order valence-corrected chi connectivity index (χ1v) is 5.95. The molecule has 1 fully saturated rings. The van der Waals surface area contributed by atoms with Crippen molar-refractivity contribution >= 4 is 0 Å². The SMILES string of the molecule is CC(O)C1CCN(CC(C)(O)C(C)C)C1. The molecule has 2 N–H and O–H groups in total. The maximum absolute atomic E-state index is 10.2. The van der Waals surface area contributed by atoms with E-state index in [9.17, 15) is 10.2 Å². The van der Waals surface area contributed by atoms with Gasteiger partial charge in [-0.2, -0.15) is 0 Å². The van der Waals surface area contributed by atoms with E-state index in [-0.39, 0.29) is 12.0 Å². The monoisotopic (exact) mass is 215 g/mol. The molecule has 3 heteroatoms. The van der Waals surface area contributed by atoms with E-state index in [2.05, 4.69) is 4.90 Å². The number of likely N-dealkylation sites (tertiary alicyclic amines) is 1. The second-order valence-electron chi connectivity index (χ2n) is 5.54. The van der Waals surface area contributed by atoms with Gasteiger partial charge in [0.1, 0.15) is 0 Å². The van der Waals surface area contributed by atoms with Crippen molar-refractivity contribution in [3.8, 4) is 0 Å². The molecule has 0 amide bonds. The molecule has 0 radical (unpaired) electrons. The Hall–Kier alpha value is -0.120. The number of hydrogen-bond donors (Lipinski definition) is 2. The summed E-state index contributed by atoms with van der Waals surface area (Å²) in [5.41, 5.74) is -0.617. The van der Waals surface area contributed by atoms with Crippen LogP contribution < -0.4 is 0 Å². The van der Waals surface area contributed by atoms with Crippen molar-refractivity contribution < 1.29 is 10.2 Å². The van der Waals surface area contributed by atoms with Crippen LogP contribution in [0.2, 0.25) is 0 Å². The Morgan fingerprint density at radius 2 is 2.00 bits per heavy atom. The number of β-amino-alcohol motifs (C(OH)–C–C–N with tert-alkyl or cyclic N) is 1. The van der Waals surface area contributed by atoms with Gasteiger partial charge in [-0.05, 0) is 38.6 Å². The van der Waals surface area contributed by atoms with Gasteiger partial charge < -0.3 is 15.1 Å². The van der Waals surface area contributed by atoms with E-state index in [0.717, 1.165) is 19.5 Å². The fourth-order valence-electron chi connectivity index (χ4n) is 2.04. The third-order valence-electron chi connectivity index (χ3n) is 3.78. The minimum Gasteiger partial charge on any atom is -0.393 e. The van der Waals surface area contributed by atoms with Gasteiger partial charge in [-0.3, -0.25) is 0 Å². The smallest absolute Gasteiger partial charge is 0.0768 e. The average Bonchev–Trinajstić information content (AvgIpc) is 2.51. The second kappa shape index (κ2) is 4.81. The van der Waals surface area contributed by atoms with Crippen molar-refractivity contribution in [3.05, 3.63) is 0 Å². The van der Waals surface area contributed by atoms with Crippen LogP contribution in [0.4, 0.5) is 0 Å². The van der Waals surface area contributed by atoms with Crippen LogP contribution in [0, 0.1) is 11.8 Å². The number of rotatable bonds is 4. The summed E-state index contributed by atoms with van der Waals surface area (Å²) in [7, 11) is 0. The van der Waals surface area contributed by atoms with Crippen LogP contribution in [0.25, 0.3) is 0 Å². The molecule has 15 heavy (non-hydrogen) atoms. The van der Waals surface area contributed by atoms with Gasteiger partial charge in [-0.1, -0.05) is 13.8 Å². The summed E-state index contributed by atoms with van der Waals surface area (Å²) in [6.07, 6.45) is 0.824. The van der Waals surface area contributed by atoms with E-state index in [0.29, 0.717) is 12.5 Å². The zero-order valence-electron chi connectivity index (χ0n) is 10.4. The summed E-state index contributed by atoms with van der Waals surface area (Å²) in [5, 5.41) is 19.7. The lowest BCUT2D eigenvalue weighted by atomic mass is 9.92. The summed E-state index contributed by atoms with van der Waals surface area (Å²) in [6.45, 7) is 10.5. The third kappa shape index (κ3) is 3.44. The largest absolute Gasteiger partial charge is 0.393 e. The fourth-order valence-corrected chi connectivity index (χ4v) is 2.04. The predicted molar refractivity (Wildman–Crippen MR) is 61.7 cm³/mol. The molecule has 3 nitrogen and oxygen atoms in total. The van der Waals surface area contributed by atoms with Crippen molar-refractivity contribution in [2.24, 2.45) is 11.8 Å². The van der Waals surface area contributed by atoms with Gasteiger partial charge in [0, 0.05) is 13.1 Å². The summed E-state index contributed by atoms with van der Waals surface area (Å²) < 4.78 is 0. The van der Waals surface area contributed by atoms with Gasteiger partial charge in [0.15, 0.2) is 0 Å². The van der Waals surface area contributed by atoms with Gasteiger partial charge >= 0.3 is 0 Å². The van der Waals surface area contributed by atoms with E-state index in [1.807, 2.05) is 27.7 Å². The molecule has 1 aliphatic heterocycles. The fraction of sp³-hybridized carbons (Fsp3) is 1.00. The lowest BCUT2D eigenvalue weighted by Crippen LogP contribution is -2.44. The highest BCUT2D eigenvalue weighted by Crippen LogP contribution is 2.24. The molecule has 1 saturated heterocycles. The van der Waals surface area contributed by atoms with Crippen LogP contribution in [0.15, 0.2) is 0 Å². The molecule has 3 unspecified atom stereocenters. The Morgan fingerprint density at radius 3 is 2.40 bits per heavy atom. The van der Waals surface area contributed by atoms with Crippen molar-refractivity contribution in [1.29, 1.82) is 0 Å². The topological polar surface area (TPSA) is 43.7 Å². The predicted octanol–water partition coefficient (Wildman–Crippen LogP) is 1.10. The molecule has 3 atom stereocenters. The van der Waals surface area contributed by atoms with E-state index < -0.39 is 5.60 Å². The zero-order chi connectivity index (χ0) is 11.6. The van der Waals surface area contributed by atoms with Crippen molar-refractivity contribution in [3.63, 3.8) is 0 Å². The Morgan fingerprint density at radius 1 is 1.40 bits per heavy atom. The van der Waals surface area contributed by atoms with Gasteiger partial charge in [0.25, 0.3) is 0 Å². The summed E-state index contributed by atoms with van der Waals surface area (Å²) in [5.74, 6) is 0.649. The molecule has 0 aliphatic carbocycles. The minimum absolute atomic E-state index is 0.223. The molecule has 1 rings (SSSR count). The standard InChI is InChI=1S/C12H25NO2/c1-9(2)12(4,15)8-13-6-5-11(7-13)10(3)14/h9-11,14-15H,5-8H2,1-4H3. The van der Waals surface area contributed by atoms with Gasteiger partial charge in [-0.15, -0.1) is 0 Å². The quantitative estimate of drug-likeness (QED) is 0.738. The molecule has 1 heterocycles. The van der Waals surface area contributed by atoms with E-state index in [1.54, 1.807) is 0 Å². The van der Waals surface area contributed by atoms with E-state index >= 15 is 0 Å². The molecule has 1 aliphatic rings. The Balaban J connectivity index is 2.42. The van der Waals surface area contributed by atoms with Crippen molar-refractivity contribution in [2.45, 2.75) is 45.8 Å². The zero-order valence-corrected chi connectivity index (χ0v) is 10.4. The Labute approximate surface area is 93.1 Å². The molecular weight excluding hydrogens is 190 g/mol. The highest BCUT2D eigenvalue weighted by molar-refractivity contribution is 4.86. The van der Waals surface area contributed by atoms with Crippen molar-refractivity contribution in [2.75, 3.05) is 19.6 Å². The summed E-state index contributed by atoms with van der Waals surface area (Å²) >= 11 is 0. The van der Waals surface area contributed by atoms with E-state index in [4.69, 9.17) is 0 Å². The summed E-state index contributed by atoms with van der Waals surface area (Å²) in [4.78, 5) is 2.26. The second-order valence-corrected chi connectivity index (χ2v) is 5.54. The number of nitrogens with zero attached hydrogens (tertiary/aromatic N) is 1. The van der Waals surface area contributed by atoms with Crippen LogP contribution >= 0.6 is 0 Å². The highest BCUT2D eigenvalue weighted by atomic mass is 16.3. The van der Waals surface area contributed by atoms with Gasteiger partial charge in [0.05, 0.1) is 11.7 Å². The van der Waals surface area contributed by atoms with Crippen LogP contribution in [-0.2, 0) is 0 Å². The Bertz CT molecular complexity index is 202. The summed E-state index contributed by atoms with van der Waals surface area (Å²) in [6, 6.07) is 0. The third-order valence-corrected chi connectivity index (χ3v) is 3.78. The van der Waals surface area contributed by atoms with Gasteiger partial charge in [0.2, 0.25) is 0 Å². The molecule has 0 aromatic heterocycles. The van der Waals surface area contributed by atoms with Crippen LogP contribution in [0.5, 0.6) is 0 Å². The lowest BCUT2D eigenvalue weighted by molar-refractivity contribution is -0.0157. The average molecular weight is 215 g/mol.